The molecule has 0 spiro atoms. The lowest BCUT2D eigenvalue weighted by atomic mass is 10.2. The third kappa shape index (κ3) is 3.38. The summed E-state index contributed by atoms with van der Waals surface area (Å²) in [6, 6.07) is 12.1. The number of thiophene rings is 1. The molecule has 2 N–H and O–H groups in total. The Balaban J connectivity index is 1.74. The van der Waals surface area contributed by atoms with Crippen LogP contribution in [0.1, 0.15) is 25.6 Å². The van der Waals surface area contributed by atoms with Crippen molar-refractivity contribution in [2.75, 3.05) is 0 Å². The van der Waals surface area contributed by atoms with Crippen LogP contribution in [0, 0.1) is 6.92 Å². The van der Waals surface area contributed by atoms with Gasteiger partial charge >= 0.3 is 0 Å². The summed E-state index contributed by atoms with van der Waals surface area (Å²) in [6.07, 6.45) is 0. The van der Waals surface area contributed by atoms with Gasteiger partial charge in [0.05, 0.1) is 5.02 Å². The zero-order valence-electron chi connectivity index (χ0n) is 12.5. The molecule has 0 bridgehead atoms. The van der Waals surface area contributed by atoms with E-state index in [1.165, 1.54) is 11.3 Å². The molecule has 0 aliphatic carbocycles. The number of amides is 2. The van der Waals surface area contributed by atoms with E-state index >= 15 is 0 Å². The van der Waals surface area contributed by atoms with Gasteiger partial charge in [0.1, 0.15) is 4.88 Å². The van der Waals surface area contributed by atoms with Crippen LogP contribution in [0.4, 0.5) is 0 Å². The fraction of sp³-hybridized carbons (Fsp3) is 0.0588. The minimum atomic E-state index is -0.457. The molecule has 122 valence electrons. The second-order valence-electron chi connectivity index (χ2n) is 5.16. The van der Waals surface area contributed by atoms with Gasteiger partial charge in [0.15, 0.2) is 0 Å². The van der Waals surface area contributed by atoms with Crippen molar-refractivity contribution >= 4 is 56.4 Å². The number of fused-ring (bicyclic) bond motifs is 1. The van der Waals surface area contributed by atoms with Crippen LogP contribution in [-0.4, -0.2) is 11.8 Å². The van der Waals surface area contributed by atoms with Crippen molar-refractivity contribution in [3.8, 4) is 0 Å². The van der Waals surface area contributed by atoms with Crippen LogP contribution in [-0.2, 0) is 0 Å². The lowest BCUT2D eigenvalue weighted by Gasteiger charge is -2.06. The number of hydrazine groups is 1. The Morgan fingerprint density at radius 1 is 0.958 bits per heavy atom. The molecule has 1 aromatic heterocycles. The van der Waals surface area contributed by atoms with Gasteiger partial charge in [0, 0.05) is 20.7 Å². The first kappa shape index (κ1) is 16.8. The molecule has 0 saturated heterocycles. The lowest BCUT2D eigenvalue weighted by molar-refractivity contribution is 0.0849. The maximum Gasteiger partial charge on any atom is 0.281 e. The van der Waals surface area contributed by atoms with E-state index in [9.17, 15) is 9.59 Å². The summed E-state index contributed by atoms with van der Waals surface area (Å²) in [4.78, 5) is 24.6. The van der Waals surface area contributed by atoms with Crippen LogP contribution in [0.25, 0.3) is 10.1 Å². The van der Waals surface area contributed by atoms with Crippen molar-refractivity contribution in [2.24, 2.45) is 0 Å². The molecule has 2 amide bonds. The first-order valence-electron chi connectivity index (χ1n) is 7.00. The highest BCUT2D eigenvalue weighted by Gasteiger charge is 2.18. The number of nitrogens with one attached hydrogen (secondary N) is 2. The van der Waals surface area contributed by atoms with E-state index in [1.54, 1.807) is 24.3 Å². The maximum atomic E-state index is 12.3. The molecule has 0 unspecified atom stereocenters. The largest absolute Gasteiger partial charge is 0.281 e. The predicted molar refractivity (Wildman–Crippen MR) is 98.0 cm³/mol. The molecule has 7 heteroatoms. The van der Waals surface area contributed by atoms with Gasteiger partial charge in [-0.1, -0.05) is 35.3 Å². The van der Waals surface area contributed by atoms with Gasteiger partial charge in [-0.2, -0.15) is 0 Å². The first-order valence-corrected chi connectivity index (χ1v) is 8.58. The SMILES string of the molecule is Cc1ccc2c(Cl)c(C(=O)NNC(=O)c3ccc(Cl)cc3)sc2c1. The fourth-order valence-electron chi connectivity index (χ4n) is 2.16. The summed E-state index contributed by atoms with van der Waals surface area (Å²) >= 11 is 13.3. The molecule has 3 aromatic rings. The Labute approximate surface area is 152 Å². The number of hydrogen-bond donors (Lipinski definition) is 2. The summed E-state index contributed by atoms with van der Waals surface area (Å²) in [5, 5.41) is 1.73. The maximum absolute atomic E-state index is 12.3. The van der Waals surface area contributed by atoms with Gasteiger partial charge in [0.2, 0.25) is 0 Å². The number of rotatable bonds is 2. The summed E-state index contributed by atoms with van der Waals surface area (Å²) in [7, 11) is 0. The minimum Gasteiger partial charge on any atom is -0.267 e. The highest BCUT2D eigenvalue weighted by atomic mass is 35.5. The number of aryl methyl sites for hydroxylation is 1. The summed E-state index contributed by atoms with van der Waals surface area (Å²) < 4.78 is 0.925. The third-order valence-corrected chi connectivity index (χ3v) is 5.30. The standard InChI is InChI=1S/C17H12Cl2N2O2S/c1-9-2-7-12-13(8-9)24-15(14(12)19)17(23)21-20-16(22)10-3-5-11(18)6-4-10/h2-8H,1H3,(H,20,22)(H,21,23). The van der Waals surface area contributed by atoms with E-state index < -0.39 is 11.8 Å². The van der Waals surface area contributed by atoms with E-state index in [-0.39, 0.29) is 0 Å². The Bertz CT molecular complexity index is 936. The smallest absolute Gasteiger partial charge is 0.267 e. The Kier molecular flexibility index (Phi) is 4.76. The first-order chi connectivity index (χ1) is 11.5. The second-order valence-corrected chi connectivity index (χ2v) is 7.03. The highest BCUT2D eigenvalue weighted by molar-refractivity contribution is 7.21. The van der Waals surface area contributed by atoms with Crippen molar-refractivity contribution in [1.29, 1.82) is 0 Å². The van der Waals surface area contributed by atoms with E-state index in [2.05, 4.69) is 10.9 Å². The number of carbonyl (C=O) groups is 2. The number of benzene rings is 2. The van der Waals surface area contributed by atoms with Crippen molar-refractivity contribution in [3.63, 3.8) is 0 Å². The van der Waals surface area contributed by atoms with E-state index in [0.717, 1.165) is 15.6 Å². The van der Waals surface area contributed by atoms with Crippen LogP contribution in [0.2, 0.25) is 10.0 Å². The molecule has 0 radical (unpaired) electrons. The zero-order valence-corrected chi connectivity index (χ0v) is 14.9. The molecule has 0 aliphatic rings. The average molecular weight is 379 g/mol. The Hall–Kier alpha value is -2.08. The van der Waals surface area contributed by atoms with Crippen molar-refractivity contribution in [3.05, 3.63) is 68.5 Å². The lowest BCUT2D eigenvalue weighted by Crippen LogP contribution is -2.41. The van der Waals surface area contributed by atoms with Gasteiger partial charge in [-0.15, -0.1) is 11.3 Å². The van der Waals surface area contributed by atoms with E-state index in [0.29, 0.717) is 20.5 Å². The summed E-state index contributed by atoms with van der Waals surface area (Å²) in [5.41, 5.74) is 6.22. The normalized spacial score (nSPS) is 10.6. The van der Waals surface area contributed by atoms with Crippen LogP contribution >= 0.6 is 34.5 Å². The molecule has 4 nitrogen and oxygen atoms in total. The molecule has 2 aromatic carbocycles. The van der Waals surface area contributed by atoms with Crippen molar-refractivity contribution < 1.29 is 9.59 Å². The van der Waals surface area contributed by atoms with Crippen LogP contribution in [0.5, 0.6) is 0 Å². The quantitative estimate of drug-likeness (QED) is 0.640. The highest BCUT2D eigenvalue weighted by Crippen LogP contribution is 2.35. The predicted octanol–water partition coefficient (Wildman–Crippen LogP) is 4.59. The topological polar surface area (TPSA) is 58.2 Å². The number of halogens is 2. The minimum absolute atomic E-state index is 0.355. The number of hydrogen-bond acceptors (Lipinski definition) is 3. The summed E-state index contributed by atoms with van der Waals surface area (Å²) in [6.45, 7) is 1.97. The van der Waals surface area contributed by atoms with Crippen LogP contribution in [0.15, 0.2) is 42.5 Å². The molecule has 0 saturated carbocycles. The molecule has 24 heavy (non-hydrogen) atoms. The molecule has 0 aliphatic heterocycles. The molecular formula is C17H12Cl2N2O2S. The Morgan fingerprint density at radius 2 is 1.62 bits per heavy atom. The van der Waals surface area contributed by atoms with Gasteiger partial charge in [-0.05, 0) is 42.8 Å². The van der Waals surface area contributed by atoms with Crippen LogP contribution < -0.4 is 10.9 Å². The van der Waals surface area contributed by atoms with Crippen LogP contribution in [0.3, 0.4) is 0 Å². The van der Waals surface area contributed by atoms with E-state index in [1.807, 2.05) is 25.1 Å². The van der Waals surface area contributed by atoms with Gasteiger partial charge < -0.3 is 0 Å². The molecule has 0 atom stereocenters. The second kappa shape index (κ2) is 6.81. The van der Waals surface area contributed by atoms with Gasteiger partial charge in [0.25, 0.3) is 11.8 Å². The van der Waals surface area contributed by atoms with Gasteiger partial charge in [-0.3, -0.25) is 20.4 Å². The number of carbonyl (C=O) groups excluding carboxylic acids is 2. The molecule has 3 rings (SSSR count). The molecule has 1 heterocycles. The molecule has 0 fully saturated rings. The summed E-state index contributed by atoms with van der Waals surface area (Å²) in [5.74, 6) is -0.894. The third-order valence-electron chi connectivity index (χ3n) is 3.39. The molecular weight excluding hydrogens is 367 g/mol. The monoisotopic (exact) mass is 378 g/mol. The van der Waals surface area contributed by atoms with Crippen molar-refractivity contribution in [1.82, 2.24) is 10.9 Å². The van der Waals surface area contributed by atoms with E-state index in [4.69, 9.17) is 23.2 Å². The van der Waals surface area contributed by atoms with Crippen molar-refractivity contribution in [2.45, 2.75) is 6.92 Å². The fourth-order valence-corrected chi connectivity index (χ4v) is 3.80. The zero-order chi connectivity index (χ0) is 17.3. The average Bonchev–Trinajstić information content (AvgIpc) is 2.89. The Morgan fingerprint density at radius 3 is 2.33 bits per heavy atom. The van der Waals surface area contributed by atoms with Gasteiger partial charge in [-0.25, -0.2) is 0 Å².